The molecule has 0 unspecified atom stereocenters. The van der Waals surface area contributed by atoms with Crippen LogP contribution in [0.4, 0.5) is 22.7 Å². The highest BCUT2D eigenvalue weighted by atomic mass is 16.6. The maximum absolute atomic E-state index is 13.0. The summed E-state index contributed by atoms with van der Waals surface area (Å²) >= 11 is 0. The summed E-state index contributed by atoms with van der Waals surface area (Å²) in [6.07, 6.45) is 0.0892. The minimum Gasteiger partial charge on any atom is -0.398 e. The molecule has 2 amide bonds. The average Bonchev–Trinajstić information content (AvgIpc) is 2.79. The molecule has 168 valence electrons. The van der Waals surface area contributed by atoms with Crippen LogP contribution in [0, 0.1) is 20.2 Å². The third kappa shape index (κ3) is 5.67. The van der Waals surface area contributed by atoms with E-state index in [9.17, 15) is 29.8 Å². The van der Waals surface area contributed by atoms with Crippen LogP contribution >= 0.6 is 0 Å². The minimum absolute atomic E-state index is 0.0892. The van der Waals surface area contributed by atoms with Gasteiger partial charge in [0, 0.05) is 18.2 Å². The predicted molar refractivity (Wildman–Crippen MR) is 121 cm³/mol. The van der Waals surface area contributed by atoms with Gasteiger partial charge in [0.2, 0.25) is 5.91 Å². The largest absolute Gasteiger partial charge is 0.398 e. The number of rotatable bonds is 8. The number of nitro groups is 2. The number of nitrogens with zero attached hydrogens (tertiary/aromatic N) is 2. The summed E-state index contributed by atoms with van der Waals surface area (Å²) in [7, 11) is 0. The molecule has 0 fully saturated rings. The van der Waals surface area contributed by atoms with E-state index in [1.807, 2.05) is 0 Å². The molecule has 0 spiro atoms. The molecule has 0 bridgehead atoms. The number of non-ortho nitro benzene ring substituents is 1. The van der Waals surface area contributed by atoms with E-state index >= 15 is 0 Å². The molecule has 33 heavy (non-hydrogen) atoms. The maximum atomic E-state index is 13.0. The number of hydrogen-bond acceptors (Lipinski definition) is 7. The first-order chi connectivity index (χ1) is 15.8. The number of nitro benzene ring substituents is 2. The van der Waals surface area contributed by atoms with Crippen LogP contribution in [-0.2, 0) is 11.2 Å². The molecule has 0 aromatic heterocycles. The van der Waals surface area contributed by atoms with E-state index in [4.69, 9.17) is 5.73 Å². The lowest BCUT2D eigenvalue weighted by molar-refractivity contribution is -0.393. The van der Waals surface area contributed by atoms with E-state index in [1.54, 1.807) is 48.5 Å². The van der Waals surface area contributed by atoms with Crippen molar-refractivity contribution >= 4 is 34.6 Å². The number of anilines is 2. The monoisotopic (exact) mass is 449 g/mol. The summed E-state index contributed by atoms with van der Waals surface area (Å²) < 4.78 is 0. The molecule has 0 saturated carbocycles. The number of carbonyl (C=O) groups excluding carboxylic acids is 2. The number of hydrogen-bond donors (Lipinski definition) is 3. The first-order valence-corrected chi connectivity index (χ1v) is 9.69. The van der Waals surface area contributed by atoms with E-state index in [-0.39, 0.29) is 23.4 Å². The molecule has 0 aliphatic heterocycles. The van der Waals surface area contributed by atoms with Crippen LogP contribution < -0.4 is 16.4 Å². The van der Waals surface area contributed by atoms with E-state index in [0.717, 1.165) is 23.8 Å². The highest BCUT2D eigenvalue weighted by Crippen LogP contribution is 2.29. The molecule has 3 rings (SSSR count). The highest BCUT2D eigenvalue weighted by molar-refractivity contribution is 6.04. The molecule has 0 aliphatic rings. The second kappa shape index (κ2) is 10.0. The Labute approximate surface area is 187 Å². The fraction of sp³-hybridized carbons (Fsp3) is 0.0909. The van der Waals surface area contributed by atoms with Gasteiger partial charge in [0.1, 0.15) is 11.7 Å². The van der Waals surface area contributed by atoms with Crippen molar-refractivity contribution in [1.82, 2.24) is 5.32 Å². The molecule has 11 heteroatoms. The summed E-state index contributed by atoms with van der Waals surface area (Å²) in [5.41, 5.74) is 5.61. The van der Waals surface area contributed by atoms with Gasteiger partial charge in [-0.2, -0.15) is 0 Å². The zero-order valence-electron chi connectivity index (χ0n) is 17.1. The van der Waals surface area contributed by atoms with Crippen LogP contribution in [0.2, 0.25) is 0 Å². The van der Waals surface area contributed by atoms with Gasteiger partial charge in [-0.05, 0) is 23.8 Å². The van der Waals surface area contributed by atoms with Gasteiger partial charge >= 0.3 is 0 Å². The highest BCUT2D eigenvalue weighted by Gasteiger charge is 2.26. The van der Waals surface area contributed by atoms with Crippen molar-refractivity contribution in [2.45, 2.75) is 12.5 Å². The Hall–Kier alpha value is -4.80. The van der Waals surface area contributed by atoms with Gasteiger partial charge in [-0.15, -0.1) is 0 Å². The molecular formula is C22H19N5O6. The fourth-order valence-corrected chi connectivity index (χ4v) is 3.11. The quantitative estimate of drug-likeness (QED) is 0.269. The Morgan fingerprint density at radius 3 is 2.21 bits per heavy atom. The van der Waals surface area contributed by atoms with Crippen molar-refractivity contribution in [3.63, 3.8) is 0 Å². The summed E-state index contributed by atoms with van der Waals surface area (Å²) in [4.78, 5) is 46.5. The summed E-state index contributed by atoms with van der Waals surface area (Å²) in [5.74, 6) is -1.33. The summed E-state index contributed by atoms with van der Waals surface area (Å²) in [6.45, 7) is 0. The molecule has 4 N–H and O–H groups in total. The molecule has 0 heterocycles. The average molecular weight is 449 g/mol. The van der Waals surface area contributed by atoms with Crippen molar-refractivity contribution in [3.8, 4) is 0 Å². The minimum atomic E-state index is -1.12. The first kappa shape index (κ1) is 22.9. The van der Waals surface area contributed by atoms with Crippen LogP contribution in [0.25, 0.3) is 0 Å². The van der Waals surface area contributed by atoms with Gasteiger partial charge in [-0.25, -0.2) is 0 Å². The molecule has 1 atom stereocenters. The normalized spacial score (nSPS) is 11.3. The number of nitrogens with two attached hydrogens (primary N) is 1. The lowest BCUT2D eigenvalue weighted by Crippen LogP contribution is -2.45. The van der Waals surface area contributed by atoms with Gasteiger partial charge in [-0.3, -0.25) is 29.8 Å². The summed E-state index contributed by atoms with van der Waals surface area (Å²) in [6, 6.07) is 16.9. The van der Waals surface area contributed by atoms with Gasteiger partial charge < -0.3 is 16.4 Å². The lowest BCUT2D eigenvalue weighted by Gasteiger charge is -2.19. The Balaban J connectivity index is 1.89. The standard InChI is InChI=1S/C22H19N5O6/c23-17-9-5-4-8-16(17)21(28)25-19(12-14-6-2-1-3-7-14)22(29)24-18-11-10-15(26(30)31)13-20(18)27(32)33/h1-11,13,19H,12,23H2,(H,24,29)(H,25,28)/t19-/m0/s1. The van der Waals surface area contributed by atoms with Crippen LogP contribution in [0.3, 0.4) is 0 Å². The van der Waals surface area contributed by atoms with Crippen LogP contribution in [0.15, 0.2) is 72.8 Å². The van der Waals surface area contributed by atoms with Gasteiger partial charge in [0.15, 0.2) is 0 Å². The second-order valence-corrected chi connectivity index (χ2v) is 7.01. The molecular weight excluding hydrogens is 430 g/mol. The number of amides is 2. The first-order valence-electron chi connectivity index (χ1n) is 9.69. The number of carbonyl (C=O) groups is 2. The number of benzene rings is 3. The third-order valence-corrected chi connectivity index (χ3v) is 4.76. The molecule has 11 nitrogen and oxygen atoms in total. The zero-order chi connectivity index (χ0) is 24.0. The Bertz CT molecular complexity index is 1210. The number of nitrogens with one attached hydrogen (secondary N) is 2. The van der Waals surface area contributed by atoms with Gasteiger partial charge in [0.05, 0.1) is 21.5 Å². The molecule has 3 aromatic carbocycles. The Kier molecular flexibility index (Phi) is 6.94. The van der Waals surface area contributed by atoms with E-state index in [0.29, 0.717) is 0 Å². The Morgan fingerprint density at radius 2 is 1.58 bits per heavy atom. The SMILES string of the molecule is Nc1ccccc1C(=O)N[C@@H](Cc1ccccc1)C(=O)Nc1ccc([N+](=O)[O-])cc1[N+](=O)[O-]. The van der Waals surface area contributed by atoms with Gasteiger partial charge in [0.25, 0.3) is 17.3 Å². The lowest BCUT2D eigenvalue weighted by atomic mass is 10.0. The van der Waals surface area contributed by atoms with Crippen molar-refractivity contribution in [2.75, 3.05) is 11.1 Å². The fourth-order valence-electron chi connectivity index (χ4n) is 3.11. The topological polar surface area (TPSA) is 170 Å². The molecule has 0 aliphatic carbocycles. The summed E-state index contributed by atoms with van der Waals surface area (Å²) in [5, 5.41) is 27.3. The third-order valence-electron chi connectivity index (χ3n) is 4.76. The van der Waals surface area contributed by atoms with Crippen molar-refractivity contribution in [1.29, 1.82) is 0 Å². The Morgan fingerprint density at radius 1 is 0.909 bits per heavy atom. The van der Waals surface area contributed by atoms with E-state index in [1.165, 1.54) is 6.07 Å². The van der Waals surface area contributed by atoms with E-state index in [2.05, 4.69) is 10.6 Å². The van der Waals surface area contributed by atoms with Crippen molar-refractivity contribution in [3.05, 3.63) is 104 Å². The zero-order valence-corrected chi connectivity index (χ0v) is 17.1. The molecule has 0 radical (unpaired) electrons. The molecule has 3 aromatic rings. The second-order valence-electron chi connectivity index (χ2n) is 7.01. The molecule has 0 saturated heterocycles. The smallest absolute Gasteiger partial charge is 0.299 e. The van der Waals surface area contributed by atoms with Crippen molar-refractivity contribution in [2.24, 2.45) is 0 Å². The van der Waals surface area contributed by atoms with Crippen LogP contribution in [-0.4, -0.2) is 27.7 Å². The predicted octanol–water partition coefficient (Wildman–Crippen LogP) is 3.07. The number of para-hydroxylation sites is 1. The van der Waals surface area contributed by atoms with Crippen molar-refractivity contribution < 1.29 is 19.4 Å². The maximum Gasteiger partial charge on any atom is 0.299 e. The van der Waals surface area contributed by atoms with Crippen LogP contribution in [0.1, 0.15) is 15.9 Å². The van der Waals surface area contributed by atoms with E-state index < -0.39 is 39.1 Å². The number of nitrogen functional groups attached to an aromatic ring is 1. The van der Waals surface area contributed by atoms with Crippen LogP contribution in [0.5, 0.6) is 0 Å². The van der Waals surface area contributed by atoms with Gasteiger partial charge in [-0.1, -0.05) is 42.5 Å².